The number of carbonyl (C=O) groups excluding carboxylic acids is 1. The van der Waals surface area contributed by atoms with Gasteiger partial charge in [-0.25, -0.2) is 0 Å². The third-order valence-electron chi connectivity index (χ3n) is 4.98. The fraction of sp³-hybridized carbons (Fsp3) is 0.556. The van der Waals surface area contributed by atoms with Crippen LogP contribution in [0.4, 0.5) is 0 Å². The van der Waals surface area contributed by atoms with Gasteiger partial charge >= 0.3 is 5.97 Å². The van der Waals surface area contributed by atoms with Gasteiger partial charge in [-0.1, -0.05) is 25.1 Å². The lowest BCUT2D eigenvalue weighted by atomic mass is 9.91. The van der Waals surface area contributed by atoms with Gasteiger partial charge < -0.3 is 9.84 Å². The van der Waals surface area contributed by atoms with E-state index >= 15 is 0 Å². The Bertz CT molecular complexity index is 637. The van der Waals surface area contributed by atoms with E-state index in [1.807, 2.05) is 6.92 Å². The Morgan fingerprint density at radius 3 is 2.61 bits per heavy atom. The van der Waals surface area contributed by atoms with Gasteiger partial charge in [0.1, 0.15) is 5.54 Å². The van der Waals surface area contributed by atoms with E-state index in [-0.39, 0.29) is 23.7 Å². The second-order valence-electron chi connectivity index (χ2n) is 6.35. The van der Waals surface area contributed by atoms with E-state index < -0.39 is 11.6 Å². The average molecular weight is 314 g/mol. The number of nitrogens with one attached hydrogen (secondary N) is 1. The molecule has 4 aliphatic carbocycles. The third-order valence-corrected chi connectivity index (χ3v) is 4.98. The lowest BCUT2D eigenvalue weighted by molar-refractivity contribution is -0.146. The van der Waals surface area contributed by atoms with Crippen LogP contribution in [0.25, 0.3) is 11.1 Å². The van der Waals surface area contributed by atoms with E-state index in [0.717, 1.165) is 0 Å². The molecule has 5 heteroatoms. The highest BCUT2D eigenvalue weighted by Gasteiger charge is 2.72. The fourth-order valence-corrected chi connectivity index (χ4v) is 3.93. The maximum Gasteiger partial charge on any atom is 0.309 e. The molecule has 2 fully saturated rings. The molecule has 0 aromatic carbocycles. The van der Waals surface area contributed by atoms with Gasteiger partial charge in [0.15, 0.2) is 0 Å². The summed E-state index contributed by atoms with van der Waals surface area (Å²) in [5.74, 6) is -0.787. The Hall–Kier alpha value is -1.90. The number of esters is 1. The maximum absolute atomic E-state index is 11.7. The summed E-state index contributed by atoms with van der Waals surface area (Å²) in [7, 11) is 0. The van der Waals surface area contributed by atoms with Gasteiger partial charge in [0.2, 0.25) is 0 Å². The van der Waals surface area contributed by atoms with Crippen LogP contribution in [0.3, 0.4) is 0 Å². The number of aliphatic hydroxyl groups is 1. The Kier molecular flexibility index (Phi) is 4.13. The zero-order valence-electron chi connectivity index (χ0n) is 13.5. The smallest absolute Gasteiger partial charge is 0.309 e. The second-order valence-corrected chi connectivity index (χ2v) is 6.35. The van der Waals surface area contributed by atoms with Crippen molar-refractivity contribution >= 4 is 5.97 Å². The van der Waals surface area contributed by atoms with E-state index in [9.17, 15) is 15.2 Å². The first-order valence-electron chi connectivity index (χ1n) is 8.19. The molecule has 23 heavy (non-hydrogen) atoms. The molecule has 0 heterocycles. The highest BCUT2D eigenvalue weighted by Crippen LogP contribution is 2.62. The summed E-state index contributed by atoms with van der Waals surface area (Å²) in [6.07, 6.45) is -0.170. The predicted octanol–water partition coefficient (Wildman–Crippen LogP) is 1.72. The van der Waals surface area contributed by atoms with Crippen LogP contribution in [0.5, 0.6) is 0 Å². The van der Waals surface area contributed by atoms with Crippen LogP contribution in [-0.4, -0.2) is 35.9 Å². The Balaban J connectivity index is 0.000000213. The number of nitrogens with zero attached hydrogens (tertiary/aromatic N) is 1. The van der Waals surface area contributed by atoms with Crippen molar-refractivity contribution in [2.45, 2.75) is 31.9 Å². The fourth-order valence-electron chi connectivity index (χ4n) is 3.93. The van der Waals surface area contributed by atoms with Crippen LogP contribution < -0.4 is 5.32 Å². The van der Waals surface area contributed by atoms with Gasteiger partial charge in [0.05, 0.1) is 24.7 Å². The number of hydrogen-bond acceptors (Lipinski definition) is 5. The Morgan fingerprint density at radius 1 is 1.48 bits per heavy atom. The molecule has 4 aliphatic rings. The molecular formula is C18H22N2O3. The van der Waals surface area contributed by atoms with Crippen LogP contribution in [0.1, 0.15) is 20.3 Å². The molecule has 4 rings (SSSR count). The molecule has 0 aromatic rings. The molecular weight excluding hydrogens is 292 g/mol. The van der Waals surface area contributed by atoms with Gasteiger partial charge in [-0.05, 0) is 30.7 Å². The van der Waals surface area contributed by atoms with Crippen molar-refractivity contribution in [3.05, 3.63) is 24.3 Å². The summed E-state index contributed by atoms with van der Waals surface area (Å²) in [5.41, 5.74) is 2.10. The SMILES string of the molecule is CCN[C@@]1(C#N)C[C@H](O)C2C1[C@H]2C(=O)OCC.c1cc2cc-2c1. The molecule has 2 saturated carbocycles. The molecule has 0 aromatic heterocycles. The first-order valence-corrected chi connectivity index (χ1v) is 8.19. The Labute approximate surface area is 136 Å². The van der Waals surface area contributed by atoms with Crippen LogP contribution >= 0.6 is 0 Å². The molecule has 5 atom stereocenters. The number of nitriles is 1. The van der Waals surface area contributed by atoms with Crippen molar-refractivity contribution in [3.8, 4) is 17.2 Å². The zero-order valence-corrected chi connectivity index (χ0v) is 13.5. The number of benzene rings is 1. The number of rotatable bonds is 4. The molecule has 0 amide bonds. The Morgan fingerprint density at radius 2 is 2.17 bits per heavy atom. The van der Waals surface area contributed by atoms with Crippen molar-refractivity contribution in [1.82, 2.24) is 5.32 Å². The highest BCUT2D eigenvalue weighted by molar-refractivity contribution is 5.80. The normalized spacial score (nSPS) is 34.5. The third kappa shape index (κ3) is 2.73. The minimum absolute atomic E-state index is 0.0958. The molecule has 0 radical (unpaired) electrons. The highest BCUT2D eigenvalue weighted by atomic mass is 16.5. The predicted molar refractivity (Wildman–Crippen MR) is 85.2 cm³/mol. The van der Waals surface area contributed by atoms with Crippen molar-refractivity contribution in [2.75, 3.05) is 13.2 Å². The molecule has 2 unspecified atom stereocenters. The monoisotopic (exact) mass is 314 g/mol. The summed E-state index contributed by atoms with van der Waals surface area (Å²) in [4.78, 5) is 11.7. The minimum Gasteiger partial charge on any atom is -0.466 e. The first kappa shape index (κ1) is 16.0. The topological polar surface area (TPSA) is 82.4 Å². The first-order chi connectivity index (χ1) is 11.1. The van der Waals surface area contributed by atoms with Crippen molar-refractivity contribution < 1.29 is 14.6 Å². The lowest BCUT2D eigenvalue weighted by Gasteiger charge is -2.26. The summed E-state index contributed by atoms with van der Waals surface area (Å²) in [6.45, 7) is 4.67. The van der Waals surface area contributed by atoms with E-state index in [1.165, 1.54) is 11.1 Å². The molecule has 5 nitrogen and oxygen atoms in total. The van der Waals surface area contributed by atoms with Gasteiger partial charge in [0.25, 0.3) is 0 Å². The summed E-state index contributed by atoms with van der Waals surface area (Å²) in [6, 6.07) is 10.7. The summed E-state index contributed by atoms with van der Waals surface area (Å²) in [5, 5.41) is 22.4. The van der Waals surface area contributed by atoms with Crippen LogP contribution in [-0.2, 0) is 9.53 Å². The lowest BCUT2D eigenvalue weighted by Crippen LogP contribution is -2.46. The van der Waals surface area contributed by atoms with Gasteiger partial charge in [0, 0.05) is 18.3 Å². The van der Waals surface area contributed by atoms with Gasteiger partial charge in [-0.3, -0.25) is 10.1 Å². The van der Waals surface area contributed by atoms with Gasteiger partial charge in [-0.15, -0.1) is 0 Å². The molecule has 0 aliphatic heterocycles. The van der Waals surface area contributed by atoms with Crippen molar-refractivity contribution in [3.63, 3.8) is 0 Å². The number of carbonyl (C=O) groups is 1. The van der Waals surface area contributed by atoms with Crippen LogP contribution in [0.2, 0.25) is 0 Å². The number of ether oxygens (including phenoxy) is 1. The quantitative estimate of drug-likeness (QED) is 0.840. The standard InChI is InChI=1S/C12H18N2O3.C6H4/c1-3-14-12(6-13)5-7(15)8-9(10(8)12)11(16)17-4-2;1-2-5-4-6(5)3-1/h7-10,14-15H,3-5H2,1-2H3;1-4H/t7-,8?,9-,10?,12+;/m0./s1. The van der Waals surface area contributed by atoms with E-state index in [2.05, 4.69) is 35.7 Å². The van der Waals surface area contributed by atoms with Crippen LogP contribution in [0, 0.1) is 29.1 Å². The largest absolute Gasteiger partial charge is 0.466 e. The molecule has 0 saturated heterocycles. The molecule has 122 valence electrons. The summed E-state index contributed by atoms with van der Waals surface area (Å²) >= 11 is 0. The average Bonchev–Trinajstić information content (AvgIpc) is 3.41. The molecule has 0 spiro atoms. The molecule has 0 bridgehead atoms. The molecule has 2 N–H and O–H groups in total. The van der Waals surface area contributed by atoms with E-state index in [0.29, 0.717) is 19.6 Å². The number of fused-ring (bicyclic) bond motifs is 2. The van der Waals surface area contributed by atoms with Crippen molar-refractivity contribution in [1.29, 1.82) is 5.26 Å². The van der Waals surface area contributed by atoms with E-state index in [4.69, 9.17) is 4.74 Å². The second kappa shape index (κ2) is 5.95. The zero-order chi connectivity index (χ0) is 16.6. The van der Waals surface area contributed by atoms with Crippen LogP contribution in [0.15, 0.2) is 24.3 Å². The van der Waals surface area contributed by atoms with Gasteiger partial charge in [-0.2, -0.15) is 5.26 Å². The maximum atomic E-state index is 11.7. The summed E-state index contributed by atoms with van der Waals surface area (Å²) < 4.78 is 4.98. The van der Waals surface area contributed by atoms with Crippen molar-refractivity contribution in [2.24, 2.45) is 17.8 Å². The van der Waals surface area contributed by atoms with E-state index in [1.54, 1.807) is 6.92 Å². The number of hydrogen-bond donors (Lipinski definition) is 2. The minimum atomic E-state index is -0.754. The number of aliphatic hydroxyl groups excluding tert-OH is 1.